The van der Waals surface area contributed by atoms with Gasteiger partial charge < -0.3 is 0 Å². The van der Waals surface area contributed by atoms with Gasteiger partial charge in [0, 0.05) is 0 Å². The maximum atomic E-state index is 2.39. The zero-order chi connectivity index (χ0) is 12.8. The van der Waals surface area contributed by atoms with Crippen molar-refractivity contribution < 1.29 is 0 Å². The van der Waals surface area contributed by atoms with Gasteiger partial charge in [0.2, 0.25) is 0 Å². The lowest BCUT2D eigenvalue weighted by Gasteiger charge is -2.09. The fourth-order valence-corrected chi connectivity index (χ4v) is 3.05. The van der Waals surface area contributed by atoms with Crippen molar-refractivity contribution >= 4 is 0 Å². The van der Waals surface area contributed by atoms with E-state index in [1.165, 1.54) is 38.5 Å². The summed E-state index contributed by atoms with van der Waals surface area (Å²) >= 11 is 0. The van der Waals surface area contributed by atoms with Crippen molar-refractivity contribution in [3.63, 3.8) is 0 Å². The Balaban J connectivity index is 0.000000138. The molecule has 0 heteroatoms. The van der Waals surface area contributed by atoms with E-state index in [-0.39, 0.29) is 0 Å². The van der Waals surface area contributed by atoms with Crippen molar-refractivity contribution in [1.29, 1.82) is 0 Å². The highest BCUT2D eigenvalue weighted by molar-refractivity contribution is 5.29. The second kappa shape index (κ2) is 6.78. The SMILES string of the molecule is C1=C\CC/C=C\CC/1.CC(C)=C1CC2C=CC1C2. The first-order chi connectivity index (χ1) is 8.77. The number of fused-ring (bicyclic) bond motifs is 2. The van der Waals surface area contributed by atoms with E-state index >= 15 is 0 Å². The van der Waals surface area contributed by atoms with E-state index < -0.39 is 0 Å². The standard InChI is InChI=1S/C10H14.C8H12/c1-7(2)10-6-8-3-4-9(10)5-8;1-2-4-6-8-7-5-3-1/h3-4,8-9H,5-6H2,1-2H3;1-2,7-8H,3-6H2/b;2-1-,8-7-. The largest absolute Gasteiger partial charge is 0.0882 e. The second-order valence-electron chi connectivity index (χ2n) is 5.81. The fraction of sp³-hybridized carbons (Fsp3) is 0.556. The van der Waals surface area contributed by atoms with Crippen LogP contribution >= 0.6 is 0 Å². The summed E-state index contributed by atoms with van der Waals surface area (Å²) in [6, 6.07) is 0. The average Bonchev–Trinajstić information content (AvgIpc) is 2.90. The molecule has 1 saturated carbocycles. The van der Waals surface area contributed by atoms with E-state index in [1.54, 1.807) is 11.1 Å². The van der Waals surface area contributed by atoms with Gasteiger partial charge >= 0.3 is 0 Å². The van der Waals surface area contributed by atoms with Gasteiger partial charge in [-0.3, -0.25) is 0 Å². The Morgan fingerprint density at radius 2 is 1.44 bits per heavy atom. The first-order valence-corrected chi connectivity index (χ1v) is 7.42. The van der Waals surface area contributed by atoms with Gasteiger partial charge in [0.05, 0.1) is 0 Å². The van der Waals surface area contributed by atoms with Crippen LogP contribution in [0.5, 0.6) is 0 Å². The first kappa shape index (κ1) is 13.4. The second-order valence-corrected chi connectivity index (χ2v) is 5.81. The van der Waals surface area contributed by atoms with Crippen molar-refractivity contribution in [2.24, 2.45) is 11.8 Å². The third-order valence-corrected chi connectivity index (χ3v) is 4.08. The molecule has 0 spiro atoms. The molecule has 2 atom stereocenters. The van der Waals surface area contributed by atoms with Gasteiger partial charge in [-0.1, -0.05) is 47.6 Å². The summed E-state index contributed by atoms with van der Waals surface area (Å²) in [5.74, 6) is 1.73. The molecule has 3 rings (SSSR count). The molecule has 0 radical (unpaired) electrons. The van der Waals surface area contributed by atoms with Crippen LogP contribution in [0.15, 0.2) is 47.6 Å². The minimum Gasteiger partial charge on any atom is -0.0882 e. The molecule has 3 aliphatic rings. The molecule has 0 amide bonds. The molecule has 3 aliphatic carbocycles. The molecular formula is C18H26. The molecule has 98 valence electrons. The minimum atomic E-state index is 0.829. The Bertz CT molecular complexity index is 349. The summed E-state index contributed by atoms with van der Waals surface area (Å²) in [7, 11) is 0. The van der Waals surface area contributed by atoms with Crippen LogP contribution < -0.4 is 0 Å². The highest BCUT2D eigenvalue weighted by Gasteiger charge is 2.30. The zero-order valence-electron chi connectivity index (χ0n) is 11.9. The zero-order valence-corrected chi connectivity index (χ0v) is 11.9. The number of allylic oxidation sites excluding steroid dienone is 8. The fourth-order valence-electron chi connectivity index (χ4n) is 3.05. The number of rotatable bonds is 0. The maximum Gasteiger partial charge on any atom is -0.00148 e. The smallest absolute Gasteiger partial charge is 0.00148 e. The molecule has 0 N–H and O–H groups in total. The maximum absolute atomic E-state index is 2.39. The molecule has 18 heavy (non-hydrogen) atoms. The van der Waals surface area contributed by atoms with Gasteiger partial charge in [0.25, 0.3) is 0 Å². The molecule has 2 bridgehead atoms. The molecule has 0 aromatic heterocycles. The van der Waals surface area contributed by atoms with Crippen LogP contribution in [-0.4, -0.2) is 0 Å². The van der Waals surface area contributed by atoms with Gasteiger partial charge in [-0.05, 0) is 64.2 Å². The molecule has 0 aromatic rings. The van der Waals surface area contributed by atoms with E-state index in [1.807, 2.05) is 0 Å². The molecule has 1 fully saturated rings. The Labute approximate surface area is 112 Å². The Kier molecular flexibility index (Phi) is 5.04. The highest BCUT2D eigenvalue weighted by Crippen LogP contribution is 2.44. The summed E-state index contributed by atoms with van der Waals surface area (Å²) in [6.07, 6.45) is 21.5. The Morgan fingerprint density at radius 1 is 0.889 bits per heavy atom. The lowest BCUT2D eigenvalue weighted by molar-refractivity contribution is 0.693. The van der Waals surface area contributed by atoms with E-state index in [0.29, 0.717) is 0 Å². The average molecular weight is 242 g/mol. The predicted octanol–water partition coefficient (Wildman–Crippen LogP) is 5.59. The van der Waals surface area contributed by atoms with Crippen molar-refractivity contribution in [3.8, 4) is 0 Å². The Hall–Kier alpha value is -1.04. The van der Waals surface area contributed by atoms with Gasteiger partial charge in [0.15, 0.2) is 0 Å². The van der Waals surface area contributed by atoms with Gasteiger partial charge in [-0.2, -0.15) is 0 Å². The van der Waals surface area contributed by atoms with E-state index in [0.717, 1.165) is 11.8 Å². The van der Waals surface area contributed by atoms with Crippen molar-refractivity contribution in [2.45, 2.75) is 52.4 Å². The van der Waals surface area contributed by atoms with Gasteiger partial charge in [-0.15, -0.1) is 0 Å². The third kappa shape index (κ3) is 3.73. The van der Waals surface area contributed by atoms with Crippen LogP contribution in [0.4, 0.5) is 0 Å². The summed E-state index contributed by atoms with van der Waals surface area (Å²) in [5, 5.41) is 0. The lowest BCUT2D eigenvalue weighted by atomic mass is 9.97. The molecule has 0 aromatic carbocycles. The molecule has 0 aliphatic heterocycles. The Morgan fingerprint density at radius 3 is 1.72 bits per heavy atom. The third-order valence-electron chi connectivity index (χ3n) is 4.08. The normalized spacial score (nSPS) is 32.2. The number of hydrogen-bond donors (Lipinski definition) is 0. The molecule has 0 nitrogen and oxygen atoms in total. The summed E-state index contributed by atoms with van der Waals surface area (Å²) in [5.41, 5.74) is 3.27. The monoisotopic (exact) mass is 242 g/mol. The van der Waals surface area contributed by atoms with Crippen LogP contribution in [0.25, 0.3) is 0 Å². The van der Waals surface area contributed by atoms with Crippen LogP contribution in [0.3, 0.4) is 0 Å². The summed E-state index contributed by atoms with van der Waals surface area (Å²) in [6.45, 7) is 4.48. The van der Waals surface area contributed by atoms with Crippen molar-refractivity contribution in [1.82, 2.24) is 0 Å². The van der Waals surface area contributed by atoms with Crippen LogP contribution in [0.1, 0.15) is 52.4 Å². The summed E-state index contributed by atoms with van der Waals surface area (Å²) < 4.78 is 0. The minimum absolute atomic E-state index is 0.829. The van der Waals surface area contributed by atoms with E-state index in [2.05, 4.69) is 50.3 Å². The van der Waals surface area contributed by atoms with Crippen LogP contribution in [-0.2, 0) is 0 Å². The number of hydrogen-bond acceptors (Lipinski definition) is 0. The van der Waals surface area contributed by atoms with Crippen LogP contribution in [0, 0.1) is 11.8 Å². The van der Waals surface area contributed by atoms with Crippen LogP contribution in [0.2, 0.25) is 0 Å². The van der Waals surface area contributed by atoms with E-state index in [9.17, 15) is 0 Å². The highest BCUT2D eigenvalue weighted by atomic mass is 14.4. The first-order valence-electron chi connectivity index (χ1n) is 7.42. The van der Waals surface area contributed by atoms with Gasteiger partial charge in [-0.25, -0.2) is 0 Å². The van der Waals surface area contributed by atoms with Crippen molar-refractivity contribution in [3.05, 3.63) is 47.6 Å². The molecular weight excluding hydrogens is 216 g/mol. The quantitative estimate of drug-likeness (QED) is 0.486. The van der Waals surface area contributed by atoms with E-state index in [4.69, 9.17) is 0 Å². The molecule has 0 heterocycles. The molecule has 0 saturated heterocycles. The van der Waals surface area contributed by atoms with Gasteiger partial charge in [0.1, 0.15) is 0 Å². The lowest BCUT2D eigenvalue weighted by Crippen LogP contribution is -1.93. The summed E-state index contributed by atoms with van der Waals surface area (Å²) in [4.78, 5) is 0. The predicted molar refractivity (Wildman–Crippen MR) is 80.5 cm³/mol. The van der Waals surface area contributed by atoms with Crippen molar-refractivity contribution in [2.75, 3.05) is 0 Å². The topological polar surface area (TPSA) is 0 Å². The molecule has 2 unspecified atom stereocenters.